The predicted octanol–water partition coefficient (Wildman–Crippen LogP) is 1.37. The highest BCUT2D eigenvalue weighted by molar-refractivity contribution is 7.89. The molecule has 29 heavy (non-hydrogen) atoms. The van der Waals surface area contributed by atoms with Crippen LogP contribution in [-0.2, 0) is 23.5 Å². The number of benzene rings is 2. The van der Waals surface area contributed by atoms with Crippen LogP contribution >= 0.6 is 0 Å². The number of nitrogens with zero attached hydrogens (tertiary/aromatic N) is 2. The standard InChI is InChI=1S/C20H22N4O4S/c1-22-9-10-29(26,27)23-17(13-21)11-14-3-5-15(6-4-14)16-7-8-19-18(12-16)24(2)20(25)28-19/h3-8,12,17,22-23H,9-11H2,1-2H3. The maximum atomic E-state index is 12.0. The summed E-state index contributed by atoms with van der Waals surface area (Å²) in [4.78, 5) is 11.6. The van der Waals surface area contributed by atoms with Crippen LogP contribution in [0.25, 0.3) is 22.2 Å². The first-order chi connectivity index (χ1) is 13.8. The van der Waals surface area contributed by atoms with E-state index in [9.17, 15) is 18.5 Å². The Labute approximate surface area is 168 Å². The fourth-order valence-corrected chi connectivity index (χ4v) is 4.16. The Bertz CT molecular complexity index is 1200. The van der Waals surface area contributed by atoms with Crippen molar-refractivity contribution in [1.82, 2.24) is 14.6 Å². The SMILES string of the molecule is CNCCS(=O)(=O)NC(C#N)Cc1ccc(-c2ccc3oc(=O)n(C)c3c2)cc1. The lowest BCUT2D eigenvalue weighted by atomic mass is 10.0. The van der Waals surface area contributed by atoms with Crippen molar-refractivity contribution < 1.29 is 12.8 Å². The van der Waals surface area contributed by atoms with Gasteiger partial charge in [0.1, 0.15) is 6.04 Å². The van der Waals surface area contributed by atoms with Gasteiger partial charge < -0.3 is 9.73 Å². The van der Waals surface area contributed by atoms with Crippen molar-refractivity contribution in [1.29, 1.82) is 5.26 Å². The Morgan fingerprint density at radius 1 is 1.17 bits per heavy atom. The third-order valence-electron chi connectivity index (χ3n) is 4.62. The summed E-state index contributed by atoms with van der Waals surface area (Å²) in [5, 5.41) is 12.1. The Morgan fingerprint density at radius 3 is 2.52 bits per heavy atom. The first-order valence-electron chi connectivity index (χ1n) is 9.06. The third kappa shape index (κ3) is 4.92. The number of nitrogens with one attached hydrogen (secondary N) is 2. The summed E-state index contributed by atoms with van der Waals surface area (Å²) in [6.07, 6.45) is 0.269. The van der Waals surface area contributed by atoms with Crippen LogP contribution in [0.1, 0.15) is 5.56 Å². The second-order valence-electron chi connectivity index (χ2n) is 6.73. The van der Waals surface area contributed by atoms with Gasteiger partial charge in [-0.25, -0.2) is 13.2 Å². The molecule has 0 radical (unpaired) electrons. The lowest BCUT2D eigenvalue weighted by Gasteiger charge is -2.12. The van der Waals surface area contributed by atoms with Gasteiger partial charge in [-0.2, -0.15) is 9.98 Å². The molecule has 0 aliphatic heterocycles. The first-order valence-corrected chi connectivity index (χ1v) is 10.7. The molecule has 2 aromatic carbocycles. The molecule has 0 bridgehead atoms. The molecule has 1 aromatic heterocycles. The van der Waals surface area contributed by atoms with Crippen molar-refractivity contribution in [3.8, 4) is 17.2 Å². The van der Waals surface area contributed by atoms with E-state index in [2.05, 4.69) is 10.0 Å². The summed E-state index contributed by atoms with van der Waals surface area (Å²) in [6.45, 7) is 0.314. The summed E-state index contributed by atoms with van der Waals surface area (Å²) < 4.78 is 33.0. The van der Waals surface area contributed by atoms with Crippen molar-refractivity contribution in [3.05, 3.63) is 58.6 Å². The summed E-state index contributed by atoms with van der Waals surface area (Å²) in [6, 6.07) is 14.2. The number of nitriles is 1. The molecule has 0 saturated heterocycles. The highest BCUT2D eigenvalue weighted by Gasteiger charge is 2.17. The number of fused-ring (bicyclic) bond motifs is 1. The van der Waals surface area contributed by atoms with Gasteiger partial charge in [-0.05, 0) is 35.9 Å². The maximum Gasteiger partial charge on any atom is 0.419 e. The minimum atomic E-state index is -3.52. The molecule has 9 heteroatoms. The van der Waals surface area contributed by atoms with E-state index >= 15 is 0 Å². The van der Waals surface area contributed by atoms with Gasteiger partial charge in [0.15, 0.2) is 5.58 Å². The van der Waals surface area contributed by atoms with Gasteiger partial charge in [0.2, 0.25) is 10.0 Å². The fourth-order valence-electron chi connectivity index (χ4n) is 3.00. The van der Waals surface area contributed by atoms with Crippen LogP contribution in [0.3, 0.4) is 0 Å². The van der Waals surface area contributed by atoms with Gasteiger partial charge in [0.05, 0.1) is 17.3 Å². The van der Waals surface area contributed by atoms with E-state index in [0.29, 0.717) is 17.6 Å². The second kappa shape index (κ2) is 8.61. The maximum absolute atomic E-state index is 12.0. The van der Waals surface area contributed by atoms with Crippen LogP contribution in [0.2, 0.25) is 0 Å². The highest BCUT2D eigenvalue weighted by atomic mass is 32.2. The lowest BCUT2D eigenvalue weighted by Crippen LogP contribution is -2.38. The third-order valence-corrected chi connectivity index (χ3v) is 6.00. The van der Waals surface area contributed by atoms with Gasteiger partial charge >= 0.3 is 5.76 Å². The molecule has 1 atom stereocenters. The van der Waals surface area contributed by atoms with E-state index in [1.54, 1.807) is 20.2 Å². The quantitative estimate of drug-likeness (QED) is 0.575. The van der Waals surface area contributed by atoms with Crippen LogP contribution in [0.5, 0.6) is 0 Å². The van der Waals surface area contributed by atoms with Crippen LogP contribution in [-0.4, -0.2) is 38.4 Å². The van der Waals surface area contributed by atoms with Crippen molar-refractivity contribution in [3.63, 3.8) is 0 Å². The van der Waals surface area contributed by atoms with Crippen molar-refractivity contribution in [2.24, 2.45) is 7.05 Å². The molecule has 3 rings (SSSR count). The number of hydrogen-bond acceptors (Lipinski definition) is 6. The van der Waals surface area contributed by atoms with E-state index in [1.165, 1.54) is 4.57 Å². The topological polar surface area (TPSA) is 117 Å². The van der Waals surface area contributed by atoms with Gasteiger partial charge in [0, 0.05) is 20.0 Å². The Morgan fingerprint density at radius 2 is 1.86 bits per heavy atom. The summed E-state index contributed by atoms with van der Waals surface area (Å²) in [5.41, 5.74) is 3.93. The molecule has 1 heterocycles. The number of oxazole rings is 1. The summed E-state index contributed by atoms with van der Waals surface area (Å²) in [7, 11) is -0.198. The molecule has 0 spiro atoms. The van der Waals surface area contributed by atoms with Gasteiger partial charge in [-0.15, -0.1) is 0 Å². The number of aryl methyl sites for hydroxylation is 1. The Kier molecular flexibility index (Phi) is 6.17. The van der Waals surface area contributed by atoms with Crippen LogP contribution in [0.15, 0.2) is 51.7 Å². The Balaban J connectivity index is 1.75. The van der Waals surface area contributed by atoms with Crippen molar-refractivity contribution in [2.75, 3.05) is 19.3 Å². The second-order valence-corrected chi connectivity index (χ2v) is 8.61. The molecule has 0 amide bonds. The van der Waals surface area contributed by atoms with E-state index in [1.807, 2.05) is 42.5 Å². The molecule has 0 saturated carbocycles. The minimum Gasteiger partial charge on any atom is -0.408 e. The van der Waals surface area contributed by atoms with E-state index in [-0.39, 0.29) is 12.2 Å². The number of aromatic nitrogens is 1. The van der Waals surface area contributed by atoms with Crippen LogP contribution in [0, 0.1) is 11.3 Å². The number of sulfonamides is 1. The van der Waals surface area contributed by atoms with Gasteiger partial charge in [0.25, 0.3) is 0 Å². The van der Waals surface area contributed by atoms with E-state index < -0.39 is 21.8 Å². The highest BCUT2D eigenvalue weighted by Crippen LogP contribution is 2.24. The smallest absolute Gasteiger partial charge is 0.408 e. The zero-order valence-electron chi connectivity index (χ0n) is 16.2. The molecule has 8 nitrogen and oxygen atoms in total. The lowest BCUT2D eigenvalue weighted by molar-refractivity contribution is 0.528. The molecule has 2 N–H and O–H groups in total. The zero-order chi connectivity index (χ0) is 21.0. The molecule has 0 aliphatic carbocycles. The molecule has 0 fully saturated rings. The molecular formula is C20H22N4O4S. The Hall–Kier alpha value is -2.93. The van der Waals surface area contributed by atoms with E-state index in [4.69, 9.17) is 4.42 Å². The minimum absolute atomic E-state index is 0.0837. The number of hydrogen-bond donors (Lipinski definition) is 2. The van der Waals surface area contributed by atoms with E-state index in [0.717, 1.165) is 16.7 Å². The largest absolute Gasteiger partial charge is 0.419 e. The summed E-state index contributed by atoms with van der Waals surface area (Å²) >= 11 is 0. The summed E-state index contributed by atoms with van der Waals surface area (Å²) in [5.74, 6) is -0.494. The zero-order valence-corrected chi connectivity index (χ0v) is 17.0. The average Bonchev–Trinajstić information content (AvgIpc) is 2.99. The number of rotatable bonds is 8. The molecule has 152 valence electrons. The molecule has 1 unspecified atom stereocenters. The monoisotopic (exact) mass is 414 g/mol. The van der Waals surface area contributed by atoms with Crippen molar-refractivity contribution >= 4 is 21.1 Å². The van der Waals surface area contributed by atoms with Gasteiger partial charge in [-0.3, -0.25) is 4.57 Å². The van der Waals surface area contributed by atoms with Crippen LogP contribution < -0.4 is 15.8 Å². The average molecular weight is 414 g/mol. The predicted molar refractivity (Wildman–Crippen MR) is 111 cm³/mol. The fraction of sp³-hybridized carbons (Fsp3) is 0.300. The normalized spacial score (nSPS) is 12.7. The first kappa shape index (κ1) is 20.8. The van der Waals surface area contributed by atoms with Gasteiger partial charge in [-0.1, -0.05) is 30.3 Å². The van der Waals surface area contributed by atoms with Crippen LogP contribution in [0.4, 0.5) is 0 Å². The van der Waals surface area contributed by atoms with Crippen molar-refractivity contribution in [2.45, 2.75) is 12.5 Å². The molecule has 3 aromatic rings. The molecular weight excluding hydrogens is 392 g/mol. The molecule has 0 aliphatic rings.